The third kappa shape index (κ3) is 20.2. The zero-order chi connectivity index (χ0) is 27.6. The third-order valence-electron chi connectivity index (χ3n) is 7.30. The van der Waals surface area contributed by atoms with Crippen LogP contribution in [-0.4, -0.2) is 45.5 Å². The number of carbonyl (C=O) groups excluding carboxylic acids is 2. The van der Waals surface area contributed by atoms with Crippen LogP contribution >= 0.6 is 0 Å². The highest BCUT2D eigenvalue weighted by Gasteiger charge is 2.33. The van der Waals surface area contributed by atoms with Gasteiger partial charge >= 0.3 is 5.97 Å². The minimum absolute atomic E-state index is 0.158. The first kappa shape index (κ1) is 35.6. The summed E-state index contributed by atoms with van der Waals surface area (Å²) in [6.07, 6.45) is 25.9. The number of carboxylic acids is 1. The number of nitrogens with zero attached hydrogens (tertiary/aromatic N) is 1. The van der Waals surface area contributed by atoms with Crippen molar-refractivity contribution in [3.05, 3.63) is 0 Å². The van der Waals surface area contributed by atoms with E-state index < -0.39 is 30.4 Å². The summed E-state index contributed by atoms with van der Waals surface area (Å²) < 4.78 is 0. The van der Waals surface area contributed by atoms with E-state index in [1.807, 2.05) is 0 Å². The summed E-state index contributed by atoms with van der Waals surface area (Å²) in [7, 11) is 0. The molecule has 218 valence electrons. The number of aliphatic carboxylic acids is 1. The van der Waals surface area contributed by atoms with E-state index in [9.17, 15) is 24.6 Å². The summed E-state index contributed by atoms with van der Waals surface area (Å²) in [5.41, 5.74) is 0. The van der Waals surface area contributed by atoms with Gasteiger partial charge in [0.1, 0.15) is 0 Å². The zero-order valence-electron chi connectivity index (χ0n) is 24.3. The number of amides is 2. The average Bonchev–Trinajstić information content (AvgIpc) is 2.88. The van der Waals surface area contributed by atoms with Crippen molar-refractivity contribution in [1.29, 1.82) is 0 Å². The van der Waals surface area contributed by atoms with Gasteiger partial charge in [-0.05, 0) is 12.8 Å². The van der Waals surface area contributed by atoms with Gasteiger partial charge in [-0.3, -0.25) is 14.5 Å². The molecule has 0 aromatic heterocycles. The van der Waals surface area contributed by atoms with Gasteiger partial charge in [0.2, 0.25) is 11.8 Å². The van der Waals surface area contributed by atoms with Crippen molar-refractivity contribution in [3.63, 3.8) is 0 Å². The number of unbranched alkanes of at least 4 members (excludes halogenated alkanes) is 20. The Morgan fingerprint density at radius 2 is 0.784 bits per heavy atom. The van der Waals surface area contributed by atoms with Gasteiger partial charge in [0.15, 0.2) is 6.04 Å². The first-order valence-corrected chi connectivity index (χ1v) is 15.7. The predicted molar refractivity (Wildman–Crippen MR) is 153 cm³/mol. The highest BCUT2D eigenvalue weighted by atomic mass is 16.4. The minimum Gasteiger partial charge on any atom is -0.480 e. The summed E-state index contributed by atoms with van der Waals surface area (Å²) >= 11 is 0. The highest BCUT2D eigenvalue weighted by Crippen LogP contribution is 2.16. The second-order valence-corrected chi connectivity index (χ2v) is 10.8. The molecule has 0 rings (SSSR count). The van der Waals surface area contributed by atoms with Crippen LogP contribution in [-0.2, 0) is 14.4 Å². The lowest BCUT2D eigenvalue weighted by Gasteiger charge is -2.26. The Balaban J connectivity index is 4.19. The fourth-order valence-corrected chi connectivity index (χ4v) is 4.88. The summed E-state index contributed by atoms with van der Waals surface area (Å²) in [6.45, 7) is 3.71. The average molecular weight is 526 g/mol. The number of hydrogen-bond donors (Lipinski definition) is 2. The molecule has 0 heterocycles. The monoisotopic (exact) mass is 525 g/mol. The fraction of sp³-hybridized carbons (Fsp3) is 0.903. The van der Waals surface area contributed by atoms with Crippen molar-refractivity contribution in [2.75, 3.05) is 6.61 Å². The number of hydrogen-bond acceptors (Lipinski definition) is 4. The maximum Gasteiger partial charge on any atom is 0.329 e. The molecule has 0 aliphatic carbocycles. The minimum atomic E-state index is -1.49. The molecule has 6 nitrogen and oxygen atoms in total. The van der Waals surface area contributed by atoms with E-state index in [0.29, 0.717) is 12.8 Å². The molecule has 0 aromatic carbocycles. The van der Waals surface area contributed by atoms with E-state index in [2.05, 4.69) is 13.8 Å². The first-order valence-electron chi connectivity index (χ1n) is 15.7. The van der Waals surface area contributed by atoms with Crippen LogP contribution in [0.5, 0.6) is 0 Å². The topological polar surface area (TPSA) is 94.9 Å². The van der Waals surface area contributed by atoms with E-state index in [0.717, 1.165) is 43.4 Å². The molecular weight excluding hydrogens is 466 g/mol. The van der Waals surface area contributed by atoms with Gasteiger partial charge < -0.3 is 10.2 Å². The Morgan fingerprint density at radius 3 is 1.03 bits per heavy atom. The Hall–Kier alpha value is -1.43. The van der Waals surface area contributed by atoms with Crippen molar-refractivity contribution in [3.8, 4) is 0 Å². The van der Waals surface area contributed by atoms with E-state index in [4.69, 9.17) is 0 Å². The summed E-state index contributed by atoms with van der Waals surface area (Å²) in [5, 5.41) is 19.0. The van der Waals surface area contributed by atoms with Crippen molar-refractivity contribution in [2.45, 2.75) is 174 Å². The summed E-state index contributed by atoms with van der Waals surface area (Å²) in [4.78, 5) is 38.0. The summed E-state index contributed by atoms with van der Waals surface area (Å²) in [5.74, 6) is -2.27. The van der Waals surface area contributed by atoms with Gasteiger partial charge in [0.05, 0.1) is 6.61 Å². The lowest BCUT2D eigenvalue weighted by Crippen LogP contribution is -2.50. The maximum absolute atomic E-state index is 12.8. The first-order chi connectivity index (χ1) is 18.0. The Morgan fingerprint density at radius 1 is 0.514 bits per heavy atom. The molecule has 0 aromatic rings. The lowest BCUT2D eigenvalue weighted by atomic mass is 10.0. The number of aliphatic hydroxyl groups is 1. The van der Waals surface area contributed by atoms with Gasteiger partial charge in [-0.25, -0.2) is 4.79 Å². The molecular formula is C31H59NO5. The lowest BCUT2D eigenvalue weighted by molar-refractivity contribution is -0.160. The quantitative estimate of drug-likeness (QED) is 0.105. The zero-order valence-corrected chi connectivity index (χ0v) is 24.3. The second kappa shape index (κ2) is 26.2. The number of rotatable bonds is 27. The van der Waals surface area contributed by atoms with Gasteiger partial charge in [-0.2, -0.15) is 0 Å². The van der Waals surface area contributed by atoms with E-state index in [1.165, 1.54) is 89.9 Å². The molecule has 37 heavy (non-hydrogen) atoms. The Bertz CT molecular complexity index is 528. The van der Waals surface area contributed by atoms with Crippen molar-refractivity contribution >= 4 is 17.8 Å². The number of carboxylic acid groups (broad SMARTS) is 1. The molecule has 1 unspecified atom stereocenters. The molecule has 0 bridgehead atoms. The second-order valence-electron chi connectivity index (χ2n) is 10.8. The van der Waals surface area contributed by atoms with E-state index in [-0.39, 0.29) is 12.8 Å². The smallest absolute Gasteiger partial charge is 0.329 e. The molecule has 0 spiro atoms. The van der Waals surface area contributed by atoms with Gasteiger partial charge in [-0.15, -0.1) is 0 Å². The number of aliphatic hydroxyl groups excluding tert-OH is 1. The summed E-state index contributed by atoms with van der Waals surface area (Å²) in [6, 6.07) is -1.49. The molecule has 0 radical (unpaired) electrons. The van der Waals surface area contributed by atoms with Crippen molar-refractivity contribution in [1.82, 2.24) is 4.90 Å². The number of carbonyl (C=O) groups is 3. The van der Waals surface area contributed by atoms with E-state index >= 15 is 0 Å². The Labute approximate surface area is 228 Å². The van der Waals surface area contributed by atoms with Crippen LogP contribution in [0, 0.1) is 0 Å². The SMILES string of the molecule is CCCCCCCCCCCCCC(=O)N(C(=O)CCCCCCCCCCCCC)C(CO)C(=O)O. The highest BCUT2D eigenvalue weighted by molar-refractivity contribution is 5.99. The van der Waals surface area contributed by atoms with Gasteiger partial charge in [0, 0.05) is 12.8 Å². The molecule has 1 atom stereocenters. The molecule has 0 saturated carbocycles. The van der Waals surface area contributed by atoms with E-state index in [1.54, 1.807) is 0 Å². The fourth-order valence-electron chi connectivity index (χ4n) is 4.88. The molecule has 2 N–H and O–H groups in total. The van der Waals surface area contributed by atoms with Gasteiger partial charge in [0.25, 0.3) is 0 Å². The number of imide groups is 1. The largest absolute Gasteiger partial charge is 0.480 e. The molecule has 0 aliphatic rings. The normalized spacial score (nSPS) is 12.0. The molecule has 6 heteroatoms. The van der Waals surface area contributed by atoms with Crippen LogP contribution in [0.15, 0.2) is 0 Å². The predicted octanol–water partition coefficient (Wildman–Crippen LogP) is 8.19. The molecule has 0 aliphatic heterocycles. The molecule has 0 fully saturated rings. The van der Waals surface area contributed by atoms with Crippen LogP contribution in [0.3, 0.4) is 0 Å². The van der Waals surface area contributed by atoms with Crippen molar-refractivity contribution < 1.29 is 24.6 Å². The van der Waals surface area contributed by atoms with Crippen molar-refractivity contribution in [2.24, 2.45) is 0 Å². The van der Waals surface area contributed by atoms with Crippen LogP contribution in [0.25, 0.3) is 0 Å². The maximum atomic E-state index is 12.8. The third-order valence-corrected chi connectivity index (χ3v) is 7.30. The van der Waals surface area contributed by atoms with Crippen LogP contribution in [0.2, 0.25) is 0 Å². The standard InChI is InChI=1S/C31H59NO5/c1-3-5-7-9-11-13-15-17-19-21-23-25-29(34)32(28(27-33)31(36)37)30(35)26-24-22-20-18-16-14-12-10-8-6-4-2/h28,33H,3-27H2,1-2H3,(H,36,37). The Kier molecular flexibility index (Phi) is 25.2. The van der Waals surface area contributed by atoms with Crippen LogP contribution in [0.4, 0.5) is 0 Å². The molecule has 0 saturated heterocycles. The molecule has 2 amide bonds. The van der Waals surface area contributed by atoms with Crippen LogP contribution < -0.4 is 0 Å². The van der Waals surface area contributed by atoms with Gasteiger partial charge in [-0.1, -0.05) is 142 Å². The van der Waals surface area contributed by atoms with Crippen LogP contribution in [0.1, 0.15) is 168 Å².